The molecule has 0 spiro atoms. The Balaban J connectivity index is 0.00000256. The van der Waals surface area contributed by atoms with Crippen LogP contribution >= 0.6 is 12.4 Å². The van der Waals surface area contributed by atoms with Crippen molar-refractivity contribution in [1.82, 2.24) is 10.7 Å². The maximum atomic E-state index is 10.9. The molecule has 1 aromatic carbocycles. The quantitative estimate of drug-likeness (QED) is 0.425. The van der Waals surface area contributed by atoms with Gasteiger partial charge in [0, 0.05) is 12.6 Å². The molecule has 0 fully saturated rings. The molecule has 0 bridgehead atoms. The largest absolute Gasteiger partial charge is 0.497 e. The highest BCUT2D eigenvalue weighted by atomic mass is 35.5. The molecule has 0 saturated carbocycles. The molecule has 0 atom stereocenters. The molecule has 0 saturated heterocycles. The van der Waals surface area contributed by atoms with E-state index in [1.807, 2.05) is 5.43 Å². The number of hydrogen-bond donors (Lipinski definition) is 3. The standard InChI is InChI=1S/C10H15N3O3.ClH/c1-15-8-3-7(4-9(5-8)16-2)6-12-10(14)13-11;/h3-5H,6,11H2,1-2H3,(H2,12,13,14);1H. The van der Waals surface area contributed by atoms with Crippen molar-refractivity contribution in [1.29, 1.82) is 0 Å². The number of amides is 2. The first kappa shape index (κ1) is 15.3. The average molecular weight is 262 g/mol. The summed E-state index contributed by atoms with van der Waals surface area (Å²) in [5, 5.41) is 2.57. The Morgan fingerprint density at radius 2 is 1.76 bits per heavy atom. The highest BCUT2D eigenvalue weighted by Crippen LogP contribution is 2.22. The number of benzene rings is 1. The number of hydrogen-bond acceptors (Lipinski definition) is 4. The first-order valence-electron chi connectivity index (χ1n) is 4.66. The molecule has 0 aliphatic heterocycles. The number of carbonyl (C=O) groups is 1. The van der Waals surface area contributed by atoms with Gasteiger partial charge in [-0.15, -0.1) is 12.4 Å². The van der Waals surface area contributed by atoms with Gasteiger partial charge in [0.2, 0.25) is 0 Å². The molecular formula is C10H16ClN3O3. The van der Waals surface area contributed by atoms with Gasteiger partial charge in [-0.1, -0.05) is 0 Å². The minimum atomic E-state index is -0.443. The summed E-state index contributed by atoms with van der Waals surface area (Å²) in [6, 6.07) is 4.92. The third kappa shape index (κ3) is 4.80. The summed E-state index contributed by atoms with van der Waals surface area (Å²) in [5.41, 5.74) is 2.84. The molecule has 1 rings (SSSR count). The van der Waals surface area contributed by atoms with Crippen molar-refractivity contribution in [2.75, 3.05) is 14.2 Å². The number of rotatable bonds is 4. The van der Waals surface area contributed by atoms with Crippen LogP contribution in [0.2, 0.25) is 0 Å². The second-order valence-corrected chi connectivity index (χ2v) is 3.05. The van der Waals surface area contributed by atoms with Gasteiger partial charge in [-0.3, -0.25) is 5.43 Å². The minimum absolute atomic E-state index is 0. The molecule has 0 unspecified atom stereocenters. The summed E-state index contributed by atoms with van der Waals surface area (Å²) < 4.78 is 10.2. The zero-order valence-electron chi connectivity index (χ0n) is 9.65. The molecule has 1 aromatic rings. The van der Waals surface area contributed by atoms with Crippen molar-refractivity contribution in [2.45, 2.75) is 6.54 Å². The number of hydrazine groups is 1. The van der Waals surface area contributed by atoms with Crippen molar-refractivity contribution < 1.29 is 14.3 Å². The fourth-order valence-electron chi connectivity index (χ4n) is 1.20. The third-order valence-electron chi connectivity index (χ3n) is 2.00. The predicted molar refractivity (Wildman–Crippen MR) is 66.4 cm³/mol. The van der Waals surface area contributed by atoms with Crippen molar-refractivity contribution in [2.24, 2.45) is 5.84 Å². The van der Waals surface area contributed by atoms with Gasteiger partial charge in [-0.05, 0) is 17.7 Å². The zero-order valence-corrected chi connectivity index (χ0v) is 10.5. The highest BCUT2D eigenvalue weighted by Gasteiger charge is 2.03. The normalized spacial score (nSPS) is 8.88. The number of methoxy groups -OCH3 is 2. The van der Waals surface area contributed by atoms with Gasteiger partial charge in [0.15, 0.2) is 0 Å². The van der Waals surface area contributed by atoms with Gasteiger partial charge in [-0.2, -0.15) is 0 Å². The number of nitrogens with two attached hydrogens (primary N) is 1. The Kier molecular flexibility index (Phi) is 6.85. The number of halogens is 1. The van der Waals surface area contributed by atoms with Gasteiger partial charge < -0.3 is 14.8 Å². The molecule has 4 N–H and O–H groups in total. The summed E-state index contributed by atoms with van der Waals surface area (Å²) >= 11 is 0. The summed E-state index contributed by atoms with van der Waals surface area (Å²) in [6.07, 6.45) is 0. The van der Waals surface area contributed by atoms with E-state index < -0.39 is 6.03 Å². The van der Waals surface area contributed by atoms with E-state index in [4.69, 9.17) is 15.3 Å². The molecule has 6 nitrogen and oxygen atoms in total. The fourth-order valence-corrected chi connectivity index (χ4v) is 1.20. The van der Waals surface area contributed by atoms with Crippen LogP contribution in [0, 0.1) is 0 Å². The summed E-state index contributed by atoms with van der Waals surface area (Å²) in [4.78, 5) is 10.9. The summed E-state index contributed by atoms with van der Waals surface area (Å²) in [6.45, 7) is 0.344. The van der Waals surface area contributed by atoms with Crippen LogP contribution in [-0.4, -0.2) is 20.3 Å². The third-order valence-corrected chi connectivity index (χ3v) is 2.00. The topological polar surface area (TPSA) is 85.6 Å². The van der Waals surface area contributed by atoms with E-state index in [0.29, 0.717) is 18.0 Å². The number of urea groups is 1. The predicted octanol–water partition coefficient (Wildman–Crippen LogP) is 0.798. The van der Waals surface area contributed by atoms with Crippen LogP contribution in [0.4, 0.5) is 4.79 Å². The van der Waals surface area contributed by atoms with Gasteiger partial charge in [0.05, 0.1) is 14.2 Å². The lowest BCUT2D eigenvalue weighted by molar-refractivity contribution is 0.240. The Hall–Kier alpha value is -1.66. The van der Waals surface area contributed by atoms with E-state index >= 15 is 0 Å². The van der Waals surface area contributed by atoms with Gasteiger partial charge in [0.1, 0.15) is 11.5 Å². The number of ether oxygens (including phenoxy) is 2. The van der Waals surface area contributed by atoms with E-state index in [2.05, 4.69) is 5.32 Å². The van der Waals surface area contributed by atoms with Crippen LogP contribution in [0.25, 0.3) is 0 Å². The molecule has 2 amide bonds. The summed E-state index contributed by atoms with van der Waals surface area (Å²) in [7, 11) is 3.14. The lowest BCUT2D eigenvalue weighted by Crippen LogP contribution is -2.39. The number of carbonyl (C=O) groups excluding carboxylic acids is 1. The number of nitrogens with one attached hydrogen (secondary N) is 2. The highest BCUT2D eigenvalue weighted by molar-refractivity contribution is 5.85. The van der Waals surface area contributed by atoms with E-state index in [1.165, 1.54) is 0 Å². The first-order chi connectivity index (χ1) is 7.69. The average Bonchev–Trinajstić information content (AvgIpc) is 2.35. The Morgan fingerprint density at radius 1 is 1.24 bits per heavy atom. The molecule has 0 radical (unpaired) electrons. The Morgan fingerprint density at radius 3 is 2.18 bits per heavy atom. The zero-order chi connectivity index (χ0) is 12.0. The molecular weight excluding hydrogens is 246 g/mol. The van der Waals surface area contributed by atoms with Crippen molar-refractivity contribution in [3.8, 4) is 11.5 Å². The van der Waals surface area contributed by atoms with Crippen LogP contribution in [0.3, 0.4) is 0 Å². The first-order valence-corrected chi connectivity index (χ1v) is 4.66. The lowest BCUT2D eigenvalue weighted by Gasteiger charge is -2.09. The molecule has 7 heteroatoms. The fraction of sp³-hybridized carbons (Fsp3) is 0.300. The van der Waals surface area contributed by atoms with E-state index in [9.17, 15) is 4.79 Å². The maximum Gasteiger partial charge on any atom is 0.329 e. The molecule has 96 valence electrons. The smallest absolute Gasteiger partial charge is 0.329 e. The van der Waals surface area contributed by atoms with E-state index in [-0.39, 0.29) is 12.4 Å². The van der Waals surface area contributed by atoms with Gasteiger partial charge >= 0.3 is 6.03 Å². The molecule has 0 aliphatic rings. The van der Waals surface area contributed by atoms with Crippen molar-refractivity contribution in [3.63, 3.8) is 0 Å². The maximum absolute atomic E-state index is 10.9. The van der Waals surface area contributed by atoms with Crippen molar-refractivity contribution >= 4 is 18.4 Å². The molecule has 17 heavy (non-hydrogen) atoms. The SMILES string of the molecule is COc1cc(CNC(=O)NN)cc(OC)c1.Cl. The van der Waals surface area contributed by atoms with E-state index in [1.54, 1.807) is 32.4 Å². The van der Waals surface area contributed by atoms with Gasteiger partial charge in [-0.25, -0.2) is 10.6 Å². The van der Waals surface area contributed by atoms with Gasteiger partial charge in [0.25, 0.3) is 0 Å². The van der Waals surface area contributed by atoms with Crippen LogP contribution in [0.15, 0.2) is 18.2 Å². The van der Waals surface area contributed by atoms with Crippen LogP contribution < -0.4 is 26.1 Å². The second kappa shape index (κ2) is 7.59. The lowest BCUT2D eigenvalue weighted by atomic mass is 10.2. The van der Waals surface area contributed by atoms with E-state index in [0.717, 1.165) is 5.56 Å². The monoisotopic (exact) mass is 261 g/mol. The van der Waals surface area contributed by atoms with Crippen LogP contribution in [-0.2, 0) is 6.54 Å². The Bertz CT molecular complexity index is 352. The van der Waals surface area contributed by atoms with Crippen LogP contribution in [0.1, 0.15) is 5.56 Å². The molecule has 0 aliphatic carbocycles. The summed E-state index contributed by atoms with van der Waals surface area (Å²) in [5.74, 6) is 6.28. The Labute approximate surface area is 106 Å². The minimum Gasteiger partial charge on any atom is -0.497 e. The van der Waals surface area contributed by atoms with Crippen LogP contribution in [0.5, 0.6) is 11.5 Å². The van der Waals surface area contributed by atoms with Crippen molar-refractivity contribution in [3.05, 3.63) is 23.8 Å². The molecule has 0 heterocycles. The second-order valence-electron chi connectivity index (χ2n) is 3.05. The molecule has 0 aromatic heterocycles.